The largest absolute Gasteiger partial charge is 0.490 e. The number of benzene rings is 1. The van der Waals surface area contributed by atoms with Gasteiger partial charge in [0.15, 0.2) is 10.9 Å². The van der Waals surface area contributed by atoms with Gasteiger partial charge < -0.3 is 19.9 Å². The molecule has 0 atom stereocenters. The number of anilines is 3. The average Bonchev–Trinajstić information content (AvgIpc) is 3.16. The molecule has 4 heterocycles. The lowest BCUT2D eigenvalue weighted by molar-refractivity contribution is 0.0901. The second-order valence-corrected chi connectivity index (χ2v) is 9.62. The zero-order valence-corrected chi connectivity index (χ0v) is 18.8. The number of nitrogens with one attached hydrogen (secondary N) is 1. The van der Waals surface area contributed by atoms with Gasteiger partial charge in [-0.15, -0.1) is 10.2 Å². The molecule has 1 amide bonds. The quantitative estimate of drug-likeness (QED) is 0.675. The van der Waals surface area contributed by atoms with E-state index in [4.69, 9.17) is 9.72 Å². The molecule has 5 rings (SSSR count). The monoisotopic (exact) mass is 436 g/mol. The maximum absolute atomic E-state index is 12.6. The zero-order valence-electron chi connectivity index (χ0n) is 18.0. The summed E-state index contributed by atoms with van der Waals surface area (Å²) in [5, 5.41) is 12.5. The molecule has 0 bridgehead atoms. The van der Waals surface area contributed by atoms with Crippen LogP contribution in [0.15, 0.2) is 30.3 Å². The Morgan fingerprint density at radius 3 is 2.77 bits per heavy atom. The molecule has 31 heavy (non-hydrogen) atoms. The molecule has 3 aromatic rings. The standard InChI is InChI=1S/C22H24N6O2S/c1-22(2)12-15-19(20(29)24-22)31-21(23-15)28-9-10-30-17-7-5-13(11-16(17)28)14-6-8-18(26-25-14)27(3)4/h5-8,11H,9-10,12H2,1-4H3,(H,24,29). The second kappa shape index (κ2) is 7.19. The van der Waals surface area contributed by atoms with Crippen LogP contribution in [0.3, 0.4) is 0 Å². The maximum atomic E-state index is 12.6. The molecule has 8 nitrogen and oxygen atoms in total. The smallest absolute Gasteiger partial charge is 0.263 e. The fourth-order valence-electron chi connectivity index (χ4n) is 3.87. The number of nitrogens with zero attached hydrogens (tertiary/aromatic N) is 5. The Bertz CT molecular complexity index is 1160. The molecule has 0 aliphatic carbocycles. The molecule has 0 radical (unpaired) electrons. The lowest BCUT2D eigenvalue weighted by Crippen LogP contribution is -2.48. The first kappa shape index (κ1) is 19.7. The van der Waals surface area contributed by atoms with E-state index in [-0.39, 0.29) is 11.4 Å². The van der Waals surface area contributed by atoms with Crippen LogP contribution in [0.25, 0.3) is 11.3 Å². The highest BCUT2D eigenvalue weighted by Crippen LogP contribution is 2.42. The van der Waals surface area contributed by atoms with Crippen LogP contribution in [0.4, 0.5) is 16.6 Å². The van der Waals surface area contributed by atoms with Gasteiger partial charge in [0.05, 0.1) is 23.6 Å². The average molecular weight is 437 g/mol. The van der Waals surface area contributed by atoms with Gasteiger partial charge in [-0.3, -0.25) is 4.79 Å². The van der Waals surface area contributed by atoms with Crippen molar-refractivity contribution in [2.75, 3.05) is 37.0 Å². The summed E-state index contributed by atoms with van der Waals surface area (Å²) >= 11 is 1.43. The van der Waals surface area contributed by atoms with Crippen molar-refractivity contribution in [3.05, 3.63) is 40.9 Å². The Kier molecular flexibility index (Phi) is 4.58. The number of ether oxygens (including phenoxy) is 1. The predicted octanol–water partition coefficient (Wildman–Crippen LogP) is 3.26. The molecule has 0 spiro atoms. The summed E-state index contributed by atoms with van der Waals surface area (Å²) in [5.41, 5.74) is 3.24. The summed E-state index contributed by atoms with van der Waals surface area (Å²) in [7, 11) is 3.87. The highest BCUT2D eigenvalue weighted by molar-refractivity contribution is 7.17. The van der Waals surface area contributed by atoms with Crippen molar-refractivity contribution in [3.8, 4) is 17.0 Å². The van der Waals surface area contributed by atoms with E-state index >= 15 is 0 Å². The fourth-order valence-corrected chi connectivity index (χ4v) is 4.89. The van der Waals surface area contributed by atoms with Crippen molar-refractivity contribution >= 4 is 33.9 Å². The molecule has 2 aliphatic rings. The number of rotatable bonds is 3. The Morgan fingerprint density at radius 1 is 1.19 bits per heavy atom. The second-order valence-electron chi connectivity index (χ2n) is 8.64. The summed E-state index contributed by atoms with van der Waals surface area (Å²) < 4.78 is 5.89. The van der Waals surface area contributed by atoms with E-state index in [1.807, 2.05) is 57.1 Å². The minimum Gasteiger partial charge on any atom is -0.490 e. The first-order chi connectivity index (χ1) is 14.8. The number of carbonyl (C=O) groups excluding carboxylic acids is 1. The van der Waals surface area contributed by atoms with Crippen molar-refractivity contribution in [3.63, 3.8) is 0 Å². The van der Waals surface area contributed by atoms with Crippen LogP contribution in [0.5, 0.6) is 5.75 Å². The van der Waals surface area contributed by atoms with Crippen LogP contribution < -0.4 is 19.9 Å². The molecule has 0 saturated carbocycles. The van der Waals surface area contributed by atoms with Crippen LogP contribution in [-0.2, 0) is 6.42 Å². The Hall–Kier alpha value is -3.20. The van der Waals surface area contributed by atoms with Gasteiger partial charge in [-0.2, -0.15) is 0 Å². The molecule has 0 fully saturated rings. The summed E-state index contributed by atoms with van der Waals surface area (Å²) in [4.78, 5) is 22.1. The van der Waals surface area contributed by atoms with Crippen molar-refractivity contribution in [1.29, 1.82) is 0 Å². The summed E-state index contributed by atoms with van der Waals surface area (Å²) in [6.07, 6.45) is 0.718. The van der Waals surface area contributed by atoms with Crippen LogP contribution in [-0.4, -0.2) is 53.9 Å². The first-order valence-corrected chi connectivity index (χ1v) is 11.0. The van der Waals surface area contributed by atoms with Gasteiger partial charge in [-0.05, 0) is 44.2 Å². The molecule has 0 unspecified atom stereocenters. The molecule has 1 N–H and O–H groups in total. The number of thiazole rings is 1. The van der Waals surface area contributed by atoms with Gasteiger partial charge in [0.25, 0.3) is 5.91 Å². The maximum Gasteiger partial charge on any atom is 0.263 e. The fraction of sp³-hybridized carbons (Fsp3) is 0.364. The molecule has 2 aliphatic heterocycles. The number of hydrogen-bond donors (Lipinski definition) is 1. The minimum atomic E-state index is -0.289. The SMILES string of the molecule is CN(C)c1ccc(-c2ccc3c(c2)N(c2nc4c(s2)C(=O)NC(C)(C)C4)CCO3)nn1. The van der Waals surface area contributed by atoms with Gasteiger partial charge in [0, 0.05) is 31.6 Å². The molecular weight excluding hydrogens is 412 g/mol. The van der Waals surface area contributed by atoms with Crippen LogP contribution in [0.1, 0.15) is 29.2 Å². The first-order valence-electron chi connectivity index (χ1n) is 10.2. The van der Waals surface area contributed by atoms with Crippen molar-refractivity contribution in [2.24, 2.45) is 0 Å². The number of fused-ring (bicyclic) bond motifs is 2. The molecule has 9 heteroatoms. The predicted molar refractivity (Wildman–Crippen MR) is 122 cm³/mol. The number of amides is 1. The van der Waals surface area contributed by atoms with Gasteiger partial charge in [0.1, 0.15) is 17.2 Å². The van der Waals surface area contributed by atoms with Crippen molar-refractivity contribution in [2.45, 2.75) is 25.8 Å². The third kappa shape index (κ3) is 3.59. The number of hydrogen-bond acceptors (Lipinski definition) is 8. The zero-order chi connectivity index (χ0) is 21.8. The van der Waals surface area contributed by atoms with Gasteiger partial charge in [-0.1, -0.05) is 11.3 Å². The van der Waals surface area contributed by atoms with E-state index in [9.17, 15) is 4.79 Å². The lowest BCUT2D eigenvalue weighted by Gasteiger charge is -2.29. The summed E-state index contributed by atoms with van der Waals surface area (Å²) in [6.45, 7) is 5.27. The lowest BCUT2D eigenvalue weighted by atomic mass is 9.94. The number of aromatic nitrogens is 3. The van der Waals surface area contributed by atoms with E-state index < -0.39 is 0 Å². The van der Waals surface area contributed by atoms with E-state index in [1.165, 1.54) is 11.3 Å². The highest BCUT2D eigenvalue weighted by atomic mass is 32.1. The van der Waals surface area contributed by atoms with E-state index in [2.05, 4.69) is 26.5 Å². The number of carbonyl (C=O) groups is 1. The molecular formula is C22H24N6O2S. The normalized spacial score (nSPS) is 16.8. The van der Waals surface area contributed by atoms with Gasteiger partial charge >= 0.3 is 0 Å². The van der Waals surface area contributed by atoms with Crippen molar-refractivity contribution < 1.29 is 9.53 Å². The van der Waals surface area contributed by atoms with E-state index in [1.54, 1.807) is 0 Å². The Balaban J connectivity index is 1.52. The highest BCUT2D eigenvalue weighted by Gasteiger charge is 2.34. The molecule has 160 valence electrons. The summed E-state index contributed by atoms with van der Waals surface area (Å²) in [5.74, 6) is 1.56. The molecule has 2 aromatic heterocycles. The minimum absolute atomic E-state index is 0.0477. The van der Waals surface area contributed by atoms with E-state index in [0.29, 0.717) is 18.0 Å². The van der Waals surface area contributed by atoms with Gasteiger partial charge in [0.2, 0.25) is 0 Å². The Morgan fingerprint density at radius 2 is 2.03 bits per heavy atom. The third-order valence-electron chi connectivity index (χ3n) is 5.41. The Labute approximate surface area is 184 Å². The topological polar surface area (TPSA) is 83.5 Å². The van der Waals surface area contributed by atoms with E-state index in [0.717, 1.165) is 45.8 Å². The van der Waals surface area contributed by atoms with Crippen LogP contribution >= 0.6 is 11.3 Å². The third-order valence-corrected chi connectivity index (χ3v) is 6.53. The summed E-state index contributed by atoms with van der Waals surface area (Å²) in [6, 6.07) is 9.92. The molecule has 1 aromatic carbocycles. The van der Waals surface area contributed by atoms with Crippen LogP contribution in [0, 0.1) is 0 Å². The van der Waals surface area contributed by atoms with Crippen molar-refractivity contribution in [1.82, 2.24) is 20.5 Å². The van der Waals surface area contributed by atoms with Crippen LogP contribution in [0.2, 0.25) is 0 Å². The molecule has 0 saturated heterocycles. The van der Waals surface area contributed by atoms with Gasteiger partial charge in [-0.25, -0.2) is 4.98 Å².